The van der Waals surface area contributed by atoms with Crippen molar-refractivity contribution in [2.24, 2.45) is 28.8 Å². The summed E-state index contributed by atoms with van der Waals surface area (Å²) in [4.78, 5) is 30.0. The Bertz CT molecular complexity index is 816. The molecular formula is C21H21NO3. The molecule has 4 heteroatoms. The highest BCUT2D eigenvalue weighted by molar-refractivity contribution is 6.13. The van der Waals surface area contributed by atoms with Gasteiger partial charge in [-0.15, -0.1) is 0 Å². The molecule has 5 rings (SSSR count). The number of carbonyl (C=O) groups is 2. The molecule has 1 aromatic carbocycles. The number of carbonyl (C=O) groups excluding carboxylic acids is 2. The number of hydrogen-bond donors (Lipinski definition) is 0. The van der Waals surface area contributed by atoms with E-state index in [2.05, 4.69) is 17.3 Å². The van der Waals surface area contributed by atoms with Gasteiger partial charge in [-0.2, -0.15) is 0 Å². The second-order valence-corrected chi connectivity index (χ2v) is 7.29. The number of allylic oxidation sites excluding steroid dienone is 4. The lowest BCUT2D eigenvalue weighted by atomic mass is 9.57. The fourth-order valence-corrected chi connectivity index (χ4v) is 4.37. The van der Waals surface area contributed by atoms with Crippen LogP contribution in [-0.2, 0) is 9.63 Å². The molecule has 1 aromatic rings. The van der Waals surface area contributed by atoms with E-state index in [0.29, 0.717) is 11.5 Å². The quantitative estimate of drug-likeness (QED) is 0.468. The summed E-state index contributed by atoms with van der Waals surface area (Å²) in [5.74, 6) is 0.288. The Morgan fingerprint density at radius 2 is 1.68 bits per heavy atom. The van der Waals surface area contributed by atoms with Crippen LogP contribution in [0.5, 0.6) is 0 Å². The second kappa shape index (κ2) is 6.10. The zero-order chi connectivity index (χ0) is 17.6. The smallest absolute Gasteiger partial charge is 0.313 e. The lowest BCUT2D eigenvalue weighted by Crippen LogP contribution is -2.47. The molecule has 0 unspecified atom stereocenters. The molecule has 2 bridgehead atoms. The van der Waals surface area contributed by atoms with Gasteiger partial charge in [0.25, 0.3) is 0 Å². The summed E-state index contributed by atoms with van der Waals surface area (Å²) in [5.41, 5.74) is 3.12. The largest absolute Gasteiger partial charge is 0.365 e. The Kier molecular flexibility index (Phi) is 3.91. The monoisotopic (exact) mass is 335 g/mol. The number of ketones is 1. The third-order valence-electron chi connectivity index (χ3n) is 5.67. The van der Waals surface area contributed by atoms with Gasteiger partial charge in [0.1, 0.15) is 0 Å². The van der Waals surface area contributed by atoms with E-state index in [-0.39, 0.29) is 23.5 Å². The number of aryl methyl sites for hydroxylation is 1. The van der Waals surface area contributed by atoms with Crippen molar-refractivity contribution in [3.63, 3.8) is 0 Å². The van der Waals surface area contributed by atoms with E-state index in [4.69, 9.17) is 4.84 Å². The Labute approximate surface area is 147 Å². The maximum atomic E-state index is 12.5. The average molecular weight is 335 g/mol. The van der Waals surface area contributed by atoms with Crippen LogP contribution in [0.4, 0.5) is 0 Å². The third-order valence-corrected chi connectivity index (χ3v) is 5.67. The summed E-state index contributed by atoms with van der Waals surface area (Å²) >= 11 is 0. The molecule has 1 fully saturated rings. The maximum absolute atomic E-state index is 12.5. The van der Waals surface area contributed by atoms with Crippen LogP contribution < -0.4 is 0 Å². The van der Waals surface area contributed by atoms with Gasteiger partial charge in [-0.25, -0.2) is 4.79 Å². The first kappa shape index (κ1) is 16.0. The van der Waals surface area contributed by atoms with Crippen LogP contribution in [0, 0.1) is 30.6 Å². The van der Waals surface area contributed by atoms with E-state index >= 15 is 0 Å². The zero-order valence-electron chi connectivity index (χ0n) is 14.4. The molecule has 0 saturated heterocycles. The van der Waals surface area contributed by atoms with Crippen molar-refractivity contribution >= 4 is 17.5 Å². The highest BCUT2D eigenvalue weighted by atomic mass is 16.7. The van der Waals surface area contributed by atoms with Gasteiger partial charge in [0.05, 0.1) is 11.3 Å². The summed E-state index contributed by atoms with van der Waals surface area (Å²) in [6, 6.07) is 7.21. The topological polar surface area (TPSA) is 55.7 Å². The molecule has 0 aliphatic heterocycles. The molecule has 0 aromatic heterocycles. The summed E-state index contributed by atoms with van der Waals surface area (Å²) < 4.78 is 0. The van der Waals surface area contributed by atoms with Crippen molar-refractivity contribution in [3.8, 4) is 0 Å². The van der Waals surface area contributed by atoms with Crippen molar-refractivity contribution in [2.75, 3.05) is 0 Å². The Morgan fingerprint density at radius 3 is 2.32 bits per heavy atom. The number of fused-ring (bicyclic) bond motifs is 1. The summed E-state index contributed by atoms with van der Waals surface area (Å²) in [5, 5.41) is 4.21. The molecule has 0 radical (unpaired) electrons. The molecule has 25 heavy (non-hydrogen) atoms. The van der Waals surface area contributed by atoms with Crippen molar-refractivity contribution in [3.05, 3.63) is 59.2 Å². The van der Waals surface area contributed by atoms with Crippen LogP contribution in [0.2, 0.25) is 0 Å². The molecule has 0 heterocycles. The minimum absolute atomic E-state index is 0.0343. The summed E-state index contributed by atoms with van der Waals surface area (Å²) in [6.45, 7) is 3.84. The normalized spacial score (nSPS) is 31.7. The highest BCUT2D eigenvalue weighted by Gasteiger charge is 2.48. The van der Waals surface area contributed by atoms with E-state index < -0.39 is 5.97 Å². The predicted octanol–water partition coefficient (Wildman–Crippen LogP) is 3.87. The lowest BCUT2D eigenvalue weighted by molar-refractivity contribution is -0.122. The van der Waals surface area contributed by atoms with Crippen LogP contribution in [-0.4, -0.2) is 17.5 Å². The van der Waals surface area contributed by atoms with Crippen LogP contribution in [0.3, 0.4) is 0 Å². The van der Waals surface area contributed by atoms with Crippen LogP contribution in [0.25, 0.3) is 0 Å². The molecule has 4 aliphatic rings. The minimum atomic E-state index is -0.467. The number of nitrogens with zero attached hydrogens (tertiary/aromatic N) is 1. The lowest BCUT2D eigenvalue weighted by Gasteiger charge is -2.46. The zero-order valence-corrected chi connectivity index (χ0v) is 14.4. The molecule has 4 aliphatic carbocycles. The molecule has 4 nitrogen and oxygen atoms in total. The van der Waals surface area contributed by atoms with Gasteiger partial charge in [-0.3, -0.25) is 4.79 Å². The fourth-order valence-electron chi connectivity index (χ4n) is 4.37. The molecule has 128 valence electrons. The third kappa shape index (κ3) is 2.76. The number of benzene rings is 1. The molecule has 0 spiro atoms. The Balaban J connectivity index is 1.62. The van der Waals surface area contributed by atoms with Gasteiger partial charge < -0.3 is 4.84 Å². The predicted molar refractivity (Wildman–Crippen MR) is 95.1 cm³/mol. The molecular weight excluding hydrogens is 314 g/mol. The van der Waals surface area contributed by atoms with E-state index in [9.17, 15) is 9.59 Å². The van der Waals surface area contributed by atoms with E-state index in [1.807, 2.05) is 26.0 Å². The number of oxime groups is 1. The van der Waals surface area contributed by atoms with Gasteiger partial charge >= 0.3 is 5.97 Å². The van der Waals surface area contributed by atoms with E-state index in [0.717, 1.165) is 29.7 Å². The Hall–Kier alpha value is -2.49. The Morgan fingerprint density at radius 1 is 1.04 bits per heavy atom. The summed E-state index contributed by atoms with van der Waals surface area (Å²) in [7, 11) is 0. The second-order valence-electron chi connectivity index (χ2n) is 7.29. The van der Waals surface area contributed by atoms with E-state index in [1.54, 1.807) is 18.2 Å². The average Bonchev–Trinajstić information content (AvgIpc) is 2.62. The van der Waals surface area contributed by atoms with Crippen LogP contribution in [0.1, 0.15) is 35.7 Å². The van der Waals surface area contributed by atoms with Gasteiger partial charge in [-0.1, -0.05) is 35.0 Å². The highest BCUT2D eigenvalue weighted by Crippen LogP contribution is 2.48. The molecule has 1 saturated carbocycles. The van der Waals surface area contributed by atoms with Crippen LogP contribution >= 0.6 is 0 Å². The van der Waals surface area contributed by atoms with Crippen molar-refractivity contribution in [1.82, 2.24) is 0 Å². The van der Waals surface area contributed by atoms with Gasteiger partial charge in [0.15, 0.2) is 5.78 Å². The van der Waals surface area contributed by atoms with Crippen molar-refractivity contribution in [1.29, 1.82) is 0 Å². The van der Waals surface area contributed by atoms with E-state index in [1.165, 1.54) is 0 Å². The minimum Gasteiger partial charge on any atom is -0.313 e. The first-order chi connectivity index (χ1) is 12.0. The molecule has 4 atom stereocenters. The first-order valence-electron chi connectivity index (χ1n) is 8.81. The maximum Gasteiger partial charge on any atom is 0.365 e. The first-order valence-corrected chi connectivity index (χ1v) is 8.81. The number of rotatable bonds is 2. The molecule has 0 amide bonds. The fraction of sp³-hybridized carbons (Fsp3) is 0.381. The van der Waals surface area contributed by atoms with Crippen molar-refractivity contribution < 1.29 is 14.4 Å². The number of hydrogen-bond acceptors (Lipinski definition) is 4. The van der Waals surface area contributed by atoms with Gasteiger partial charge in [-0.05, 0) is 62.3 Å². The van der Waals surface area contributed by atoms with Crippen molar-refractivity contribution in [2.45, 2.75) is 26.7 Å². The molecule has 0 N–H and O–H groups in total. The standard InChI is InChI=1S/C21H21NO3/c1-12-3-5-16(6-4-12)21(24)25-22-20-13(2)11-17(23)18-14-7-9-15(10-8-14)19(18)20/h3-7,9,11,14-15,18-19H,8,10H2,1-2H3/b22-20+/t14-,15+,18+,19+/m0/s1. The summed E-state index contributed by atoms with van der Waals surface area (Å²) in [6.07, 6.45) is 8.16. The SMILES string of the molecule is CC1=CC(=O)[C@@H]2[C@H](/C1=N/OC(=O)c1ccc(C)cc1)[C@@H]1C=C[C@H]2CC1. The van der Waals surface area contributed by atoms with Gasteiger partial charge in [0.2, 0.25) is 0 Å². The van der Waals surface area contributed by atoms with Gasteiger partial charge in [0, 0.05) is 11.8 Å². The van der Waals surface area contributed by atoms with Crippen LogP contribution in [0.15, 0.2) is 53.2 Å².